The van der Waals surface area contributed by atoms with Gasteiger partial charge in [-0.3, -0.25) is 0 Å². The van der Waals surface area contributed by atoms with Crippen LogP contribution in [0.5, 0.6) is 0 Å². The van der Waals surface area contributed by atoms with Crippen molar-refractivity contribution in [2.75, 3.05) is 13.2 Å². The van der Waals surface area contributed by atoms with E-state index < -0.39 is 0 Å². The molecule has 0 radical (unpaired) electrons. The summed E-state index contributed by atoms with van der Waals surface area (Å²) in [6.07, 6.45) is 9.94. The van der Waals surface area contributed by atoms with E-state index in [0.29, 0.717) is 6.10 Å². The van der Waals surface area contributed by atoms with Crippen LogP contribution in [0.2, 0.25) is 0 Å². The molecule has 2 fully saturated rings. The Balaban J connectivity index is 1.61. The molecule has 2 aliphatic rings. The molecule has 2 rings (SSSR count). The summed E-state index contributed by atoms with van der Waals surface area (Å²) in [5.74, 6) is 1.84. The molecule has 17 heavy (non-hydrogen) atoms. The zero-order chi connectivity index (χ0) is 12.1. The van der Waals surface area contributed by atoms with Gasteiger partial charge in [0, 0.05) is 19.2 Å². The Bertz CT molecular complexity index is 203. The van der Waals surface area contributed by atoms with Gasteiger partial charge >= 0.3 is 0 Å². The van der Waals surface area contributed by atoms with Gasteiger partial charge in [0.2, 0.25) is 0 Å². The molecule has 1 unspecified atom stereocenters. The summed E-state index contributed by atoms with van der Waals surface area (Å²) in [6.45, 7) is 6.80. The first kappa shape index (κ1) is 13.4. The number of nitrogens with one attached hydrogen (secondary N) is 1. The topological polar surface area (TPSA) is 21.3 Å². The quantitative estimate of drug-likeness (QED) is 0.812. The van der Waals surface area contributed by atoms with E-state index in [0.717, 1.165) is 31.0 Å². The Morgan fingerprint density at radius 3 is 2.41 bits per heavy atom. The van der Waals surface area contributed by atoms with Crippen molar-refractivity contribution in [3.8, 4) is 0 Å². The Morgan fingerprint density at radius 1 is 1.06 bits per heavy atom. The van der Waals surface area contributed by atoms with Gasteiger partial charge in [0.1, 0.15) is 0 Å². The second-order valence-electron chi connectivity index (χ2n) is 6.25. The molecule has 1 N–H and O–H groups in total. The summed E-state index contributed by atoms with van der Waals surface area (Å²) in [5, 5.41) is 3.73. The highest BCUT2D eigenvalue weighted by Crippen LogP contribution is 2.29. The maximum Gasteiger partial charge on any atom is 0.0699 e. The molecular formula is C15H29NO. The zero-order valence-electron chi connectivity index (χ0n) is 11.6. The third kappa shape index (κ3) is 4.26. The van der Waals surface area contributed by atoms with Gasteiger partial charge < -0.3 is 10.1 Å². The van der Waals surface area contributed by atoms with Crippen molar-refractivity contribution in [2.45, 2.75) is 70.9 Å². The number of ether oxygens (including phenoxy) is 1. The fourth-order valence-electron chi connectivity index (χ4n) is 3.26. The first-order valence-corrected chi connectivity index (χ1v) is 7.60. The molecule has 1 aliphatic heterocycles. The molecule has 100 valence electrons. The highest BCUT2D eigenvalue weighted by atomic mass is 16.5. The van der Waals surface area contributed by atoms with Crippen LogP contribution < -0.4 is 5.32 Å². The fourth-order valence-corrected chi connectivity index (χ4v) is 3.26. The summed E-state index contributed by atoms with van der Waals surface area (Å²) >= 11 is 0. The maximum atomic E-state index is 5.77. The van der Waals surface area contributed by atoms with Gasteiger partial charge in [0.05, 0.1) is 6.10 Å². The second-order valence-corrected chi connectivity index (χ2v) is 6.25. The average Bonchev–Trinajstić information content (AvgIpc) is 2.38. The van der Waals surface area contributed by atoms with Crippen LogP contribution in [0.15, 0.2) is 0 Å². The van der Waals surface area contributed by atoms with Crippen molar-refractivity contribution < 1.29 is 4.74 Å². The van der Waals surface area contributed by atoms with Gasteiger partial charge in [0.25, 0.3) is 0 Å². The lowest BCUT2D eigenvalue weighted by Crippen LogP contribution is -2.40. The largest absolute Gasteiger partial charge is 0.377 e. The highest BCUT2D eigenvalue weighted by Gasteiger charge is 2.23. The third-order valence-electron chi connectivity index (χ3n) is 4.62. The molecule has 1 atom stereocenters. The van der Waals surface area contributed by atoms with Crippen LogP contribution in [0.4, 0.5) is 0 Å². The molecule has 0 spiro atoms. The van der Waals surface area contributed by atoms with Crippen molar-refractivity contribution in [3.05, 3.63) is 0 Å². The van der Waals surface area contributed by atoms with Gasteiger partial charge in [-0.25, -0.2) is 0 Å². The maximum absolute atomic E-state index is 5.77. The minimum Gasteiger partial charge on any atom is -0.377 e. The zero-order valence-corrected chi connectivity index (χ0v) is 11.6. The predicted molar refractivity (Wildman–Crippen MR) is 72.2 cm³/mol. The molecule has 0 bridgehead atoms. The molecular weight excluding hydrogens is 210 g/mol. The Kier molecular flexibility index (Phi) is 5.30. The van der Waals surface area contributed by atoms with Gasteiger partial charge in [-0.1, -0.05) is 13.8 Å². The van der Waals surface area contributed by atoms with Crippen LogP contribution in [-0.2, 0) is 4.74 Å². The van der Waals surface area contributed by atoms with E-state index in [-0.39, 0.29) is 0 Å². The normalized spacial score (nSPS) is 35.1. The molecule has 1 heterocycles. The van der Waals surface area contributed by atoms with E-state index in [1.807, 2.05) is 0 Å². The first-order chi connectivity index (χ1) is 8.25. The molecule has 0 amide bonds. The van der Waals surface area contributed by atoms with E-state index >= 15 is 0 Å². The van der Waals surface area contributed by atoms with E-state index in [1.165, 1.54) is 44.9 Å². The van der Waals surface area contributed by atoms with Crippen LogP contribution in [0.3, 0.4) is 0 Å². The summed E-state index contributed by atoms with van der Waals surface area (Å²) in [5.41, 5.74) is 0. The summed E-state index contributed by atoms with van der Waals surface area (Å²) in [7, 11) is 0. The van der Waals surface area contributed by atoms with Gasteiger partial charge in [-0.05, 0) is 56.8 Å². The number of hydrogen-bond donors (Lipinski definition) is 1. The smallest absolute Gasteiger partial charge is 0.0699 e. The Labute approximate surface area is 107 Å². The predicted octanol–water partition coefficient (Wildman–Crippen LogP) is 3.36. The number of rotatable bonds is 4. The van der Waals surface area contributed by atoms with Crippen LogP contribution in [0.1, 0.15) is 58.8 Å². The van der Waals surface area contributed by atoms with E-state index in [4.69, 9.17) is 4.74 Å². The van der Waals surface area contributed by atoms with Gasteiger partial charge in [-0.15, -0.1) is 0 Å². The highest BCUT2D eigenvalue weighted by molar-refractivity contribution is 4.80. The fraction of sp³-hybridized carbons (Fsp3) is 1.00. The molecule has 0 aromatic rings. The van der Waals surface area contributed by atoms with Crippen molar-refractivity contribution in [1.29, 1.82) is 0 Å². The molecule has 1 saturated carbocycles. The van der Waals surface area contributed by atoms with E-state index in [9.17, 15) is 0 Å². The summed E-state index contributed by atoms with van der Waals surface area (Å²) in [4.78, 5) is 0. The average molecular weight is 239 g/mol. The summed E-state index contributed by atoms with van der Waals surface area (Å²) < 4.78 is 5.77. The van der Waals surface area contributed by atoms with Crippen LogP contribution in [0.25, 0.3) is 0 Å². The second kappa shape index (κ2) is 6.75. The third-order valence-corrected chi connectivity index (χ3v) is 4.62. The van der Waals surface area contributed by atoms with Gasteiger partial charge in [0.15, 0.2) is 0 Å². The minimum absolute atomic E-state index is 0.492. The molecule has 0 aromatic carbocycles. The molecule has 2 nitrogen and oxygen atoms in total. The van der Waals surface area contributed by atoms with Crippen LogP contribution in [-0.4, -0.2) is 25.3 Å². The van der Waals surface area contributed by atoms with E-state index in [1.54, 1.807) is 0 Å². The van der Waals surface area contributed by atoms with Crippen LogP contribution >= 0.6 is 0 Å². The molecule has 0 aromatic heterocycles. The first-order valence-electron chi connectivity index (χ1n) is 7.60. The van der Waals surface area contributed by atoms with Crippen molar-refractivity contribution >= 4 is 0 Å². The standard InChI is InChI=1S/C15H29NO/c1-12(2)13-6-8-14(9-7-13)16-11-15-5-3-4-10-17-15/h12-16H,3-11H2,1-2H3. The van der Waals surface area contributed by atoms with Crippen molar-refractivity contribution in [3.63, 3.8) is 0 Å². The Morgan fingerprint density at radius 2 is 1.82 bits per heavy atom. The number of hydrogen-bond acceptors (Lipinski definition) is 2. The monoisotopic (exact) mass is 239 g/mol. The molecule has 1 aliphatic carbocycles. The molecule has 2 heteroatoms. The lowest BCUT2D eigenvalue weighted by Gasteiger charge is -2.33. The lowest BCUT2D eigenvalue weighted by atomic mass is 9.79. The lowest BCUT2D eigenvalue weighted by molar-refractivity contribution is 0.0142. The van der Waals surface area contributed by atoms with E-state index in [2.05, 4.69) is 19.2 Å². The Hall–Kier alpha value is -0.0800. The van der Waals surface area contributed by atoms with Crippen molar-refractivity contribution in [1.82, 2.24) is 5.32 Å². The molecule has 1 saturated heterocycles. The van der Waals surface area contributed by atoms with Crippen LogP contribution in [0, 0.1) is 11.8 Å². The SMILES string of the molecule is CC(C)C1CCC(NCC2CCCCO2)CC1. The van der Waals surface area contributed by atoms with Gasteiger partial charge in [-0.2, -0.15) is 0 Å². The van der Waals surface area contributed by atoms with Crippen molar-refractivity contribution in [2.24, 2.45) is 11.8 Å². The minimum atomic E-state index is 0.492. The summed E-state index contributed by atoms with van der Waals surface area (Å²) in [6, 6.07) is 0.760.